The smallest absolute Gasteiger partial charge is 0.0687 e. The Morgan fingerprint density at radius 1 is 0.941 bits per heavy atom. The molecule has 0 saturated carbocycles. The van der Waals surface area contributed by atoms with Crippen LogP contribution in [0.2, 0.25) is 0 Å². The van der Waals surface area contributed by atoms with Crippen molar-refractivity contribution in [3.05, 3.63) is 58.6 Å². The summed E-state index contributed by atoms with van der Waals surface area (Å²) in [5, 5.41) is 7.01. The molecule has 0 amide bonds. The lowest BCUT2D eigenvalue weighted by molar-refractivity contribution is 0.803. The summed E-state index contributed by atoms with van der Waals surface area (Å²) in [6, 6.07) is 17.1. The molecule has 17 heavy (non-hydrogen) atoms. The van der Waals surface area contributed by atoms with Gasteiger partial charge in [-0.05, 0) is 29.8 Å². The largest absolute Gasteiger partial charge is 0.381 e. The Hall–Kier alpha value is -1.48. The van der Waals surface area contributed by atoms with E-state index in [4.69, 9.17) is 0 Å². The average molecular weight is 289 g/mol. The number of fused-ring (bicyclic) bond motifs is 1. The van der Waals surface area contributed by atoms with Crippen LogP contribution in [-0.4, -0.2) is 6.54 Å². The first kappa shape index (κ1) is 10.7. The van der Waals surface area contributed by atoms with Crippen LogP contribution in [0.3, 0.4) is 0 Å². The molecule has 0 spiro atoms. The van der Waals surface area contributed by atoms with E-state index in [2.05, 4.69) is 69.0 Å². The fourth-order valence-electron chi connectivity index (χ4n) is 2.11. The Kier molecular flexibility index (Phi) is 2.77. The molecular formula is C14H13BrN2. The summed E-state index contributed by atoms with van der Waals surface area (Å²) in [4.78, 5) is 0. The second-order valence-electron chi connectivity index (χ2n) is 4.17. The Balaban J connectivity index is 1.86. The second kappa shape index (κ2) is 4.41. The van der Waals surface area contributed by atoms with Crippen LogP contribution < -0.4 is 10.6 Å². The Bertz CT molecular complexity index is 522. The molecule has 0 saturated heterocycles. The fraction of sp³-hybridized carbons (Fsp3) is 0.143. The van der Waals surface area contributed by atoms with Gasteiger partial charge in [-0.25, -0.2) is 0 Å². The number of para-hydroxylation sites is 2. The SMILES string of the molecule is Brc1ccc([C@H]2CNc3ccccc3N2)cc1. The molecule has 0 aliphatic carbocycles. The van der Waals surface area contributed by atoms with Crippen molar-refractivity contribution >= 4 is 27.3 Å². The summed E-state index contributed by atoms with van der Waals surface area (Å²) in [6.07, 6.45) is 0. The molecule has 1 atom stereocenters. The lowest BCUT2D eigenvalue weighted by Gasteiger charge is -2.28. The molecule has 1 aliphatic heterocycles. The second-order valence-corrected chi connectivity index (χ2v) is 5.09. The molecular weight excluding hydrogens is 276 g/mol. The molecule has 1 heterocycles. The van der Waals surface area contributed by atoms with E-state index in [0.717, 1.165) is 11.0 Å². The van der Waals surface area contributed by atoms with Crippen LogP contribution in [0.25, 0.3) is 0 Å². The topological polar surface area (TPSA) is 24.1 Å². The molecule has 86 valence electrons. The van der Waals surface area contributed by atoms with Crippen molar-refractivity contribution in [1.82, 2.24) is 0 Å². The zero-order valence-electron chi connectivity index (χ0n) is 9.28. The van der Waals surface area contributed by atoms with Crippen molar-refractivity contribution in [2.45, 2.75) is 6.04 Å². The van der Waals surface area contributed by atoms with Gasteiger partial charge in [-0.3, -0.25) is 0 Å². The third kappa shape index (κ3) is 2.15. The molecule has 1 aliphatic rings. The van der Waals surface area contributed by atoms with Crippen LogP contribution in [0, 0.1) is 0 Å². The first-order chi connectivity index (χ1) is 8.33. The molecule has 3 heteroatoms. The van der Waals surface area contributed by atoms with Crippen molar-refractivity contribution < 1.29 is 0 Å². The van der Waals surface area contributed by atoms with E-state index < -0.39 is 0 Å². The van der Waals surface area contributed by atoms with Crippen molar-refractivity contribution in [2.24, 2.45) is 0 Å². The summed E-state index contributed by atoms with van der Waals surface area (Å²) < 4.78 is 1.12. The van der Waals surface area contributed by atoms with Crippen molar-refractivity contribution in [1.29, 1.82) is 0 Å². The van der Waals surface area contributed by atoms with Crippen LogP contribution in [-0.2, 0) is 0 Å². The van der Waals surface area contributed by atoms with Gasteiger partial charge in [0.15, 0.2) is 0 Å². The van der Waals surface area contributed by atoms with Gasteiger partial charge in [0.05, 0.1) is 17.4 Å². The quantitative estimate of drug-likeness (QED) is 0.828. The number of hydrogen-bond donors (Lipinski definition) is 2. The zero-order valence-corrected chi connectivity index (χ0v) is 10.9. The van der Waals surface area contributed by atoms with Crippen LogP contribution >= 0.6 is 15.9 Å². The monoisotopic (exact) mass is 288 g/mol. The van der Waals surface area contributed by atoms with Gasteiger partial charge in [0.1, 0.15) is 0 Å². The van der Waals surface area contributed by atoms with Crippen LogP contribution in [0.1, 0.15) is 11.6 Å². The summed E-state index contributed by atoms with van der Waals surface area (Å²) >= 11 is 3.46. The molecule has 3 rings (SSSR count). The summed E-state index contributed by atoms with van der Waals surface area (Å²) in [7, 11) is 0. The highest BCUT2D eigenvalue weighted by molar-refractivity contribution is 9.10. The Morgan fingerprint density at radius 2 is 1.65 bits per heavy atom. The van der Waals surface area contributed by atoms with E-state index in [-0.39, 0.29) is 0 Å². The van der Waals surface area contributed by atoms with E-state index in [1.807, 2.05) is 6.07 Å². The molecule has 0 bridgehead atoms. The Morgan fingerprint density at radius 3 is 2.41 bits per heavy atom. The lowest BCUT2D eigenvalue weighted by Crippen LogP contribution is -2.25. The van der Waals surface area contributed by atoms with Gasteiger partial charge in [0.25, 0.3) is 0 Å². The van der Waals surface area contributed by atoms with Gasteiger partial charge in [0.2, 0.25) is 0 Å². The standard InChI is InChI=1S/C14H13BrN2/c15-11-7-5-10(6-8-11)14-9-16-12-3-1-2-4-13(12)17-14/h1-8,14,16-17H,9H2/t14-/m1/s1. The van der Waals surface area contributed by atoms with Gasteiger partial charge < -0.3 is 10.6 Å². The number of halogens is 1. The predicted octanol–water partition coefficient (Wildman–Crippen LogP) is 4.03. The minimum Gasteiger partial charge on any atom is -0.381 e. The first-order valence-corrected chi connectivity index (χ1v) is 6.47. The van der Waals surface area contributed by atoms with Crippen molar-refractivity contribution in [3.63, 3.8) is 0 Å². The maximum atomic E-state index is 3.55. The minimum atomic E-state index is 0.331. The summed E-state index contributed by atoms with van der Waals surface area (Å²) in [6.45, 7) is 0.915. The van der Waals surface area contributed by atoms with Gasteiger partial charge in [0, 0.05) is 11.0 Å². The van der Waals surface area contributed by atoms with Gasteiger partial charge in [-0.2, -0.15) is 0 Å². The molecule has 0 radical (unpaired) electrons. The molecule has 2 aromatic rings. The van der Waals surface area contributed by atoms with Gasteiger partial charge in [-0.1, -0.05) is 40.2 Å². The molecule has 0 aromatic heterocycles. The molecule has 2 aromatic carbocycles. The highest BCUT2D eigenvalue weighted by atomic mass is 79.9. The number of benzene rings is 2. The van der Waals surface area contributed by atoms with Crippen LogP contribution in [0.4, 0.5) is 11.4 Å². The van der Waals surface area contributed by atoms with Crippen LogP contribution in [0.15, 0.2) is 53.0 Å². The maximum absolute atomic E-state index is 3.55. The highest BCUT2D eigenvalue weighted by Crippen LogP contribution is 2.31. The van der Waals surface area contributed by atoms with E-state index in [9.17, 15) is 0 Å². The first-order valence-electron chi connectivity index (χ1n) is 5.68. The number of hydrogen-bond acceptors (Lipinski definition) is 2. The van der Waals surface area contributed by atoms with E-state index in [0.29, 0.717) is 6.04 Å². The zero-order chi connectivity index (χ0) is 11.7. The Labute approximate surface area is 109 Å². The van der Waals surface area contributed by atoms with Crippen molar-refractivity contribution in [3.8, 4) is 0 Å². The predicted molar refractivity (Wildman–Crippen MR) is 75.4 cm³/mol. The summed E-state index contributed by atoms with van der Waals surface area (Å²) in [5.41, 5.74) is 3.66. The number of nitrogens with one attached hydrogen (secondary N) is 2. The van der Waals surface area contributed by atoms with Crippen molar-refractivity contribution in [2.75, 3.05) is 17.2 Å². The molecule has 0 unspecified atom stereocenters. The fourth-order valence-corrected chi connectivity index (χ4v) is 2.37. The minimum absolute atomic E-state index is 0.331. The maximum Gasteiger partial charge on any atom is 0.0687 e. The molecule has 2 N–H and O–H groups in total. The molecule has 2 nitrogen and oxygen atoms in total. The highest BCUT2D eigenvalue weighted by Gasteiger charge is 2.17. The van der Waals surface area contributed by atoms with Gasteiger partial charge in [-0.15, -0.1) is 0 Å². The van der Waals surface area contributed by atoms with Gasteiger partial charge >= 0.3 is 0 Å². The third-order valence-corrected chi connectivity index (χ3v) is 3.55. The number of rotatable bonds is 1. The molecule has 0 fully saturated rings. The van der Waals surface area contributed by atoms with Crippen LogP contribution in [0.5, 0.6) is 0 Å². The average Bonchev–Trinajstić information content (AvgIpc) is 2.39. The van der Waals surface area contributed by atoms with E-state index in [1.165, 1.54) is 16.9 Å². The number of anilines is 2. The normalized spacial score (nSPS) is 17.8. The van der Waals surface area contributed by atoms with E-state index >= 15 is 0 Å². The lowest BCUT2D eigenvalue weighted by atomic mass is 10.0. The van der Waals surface area contributed by atoms with E-state index in [1.54, 1.807) is 0 Å². The summed E-state index contributed by atoms with van der Waals surface area (Å²) in [5.74, 6) is 0. The third-order valence-electron chi connectivity index (χ3n) is 3.03.